The molecule has 1 unspecified atom stereocenters. The van der Waals surface area contributed by atoms with Crippen molar-refractivity contribution < 1.29 is 13.5 Å². The van der Waals surface area contributed by atoms with Crippen LogP contribution >= 0.6 is 11.3 Å². The van der Waals surface area contributed by atoms with E-state index in [0.717, 1.165) is 10.6 Å². The fourth-order valence-corrected chi connectivity index (χ4v) is 3.25. The highest BCUT2D eigenvalue weighted by atomic mass is 32.1. The minimum atomic E-state index is -0.401. The molecule has 3 aromatic rings. The lowest BCUT2D eigenvalue weighted by Gasteiger charge is -2.14. The third-order valence-electron chi connectivity index (χ3n) is 3.78. The van der Waals surface area contributed by atoms with Crippen LogP contribution in [0.3, 0.4) is 0 Å². The van der Waals surface area contributed by atoms with Crippen molar-refractivity contribution in [2.45, 2.75) is 19.4 Å². The molecule has 2 aromatic carbocycles. The minimum Gasteiger partial charge on any atom is -0.494 e. The summed E-state index contributed by atoms with van der Waals surface area (Å²) in [5.74, 6) is -0.454. The quantitative estimate of drug-likeness (QED) is 0.698. The van der Waals surface area contributed by atoms with Gasteiger partial charge in [-0.25, -0.2) is 8.78 Å². The van der Waals surface area contributed by atoms with Crippen LogP contribution in [-0.2, 0) is 6.42 Å². The number of ether oxygens (including phenoxy) is 1. The third-order valence-corrected chi connectivity index (χ3v) is 4.64. The Morgan fingerprint density at radius 3 is 2.68 bits per heavy atom. The van der Waals surface area contributed by atoms with E-state index < -0.39 is 5.82 Å². The number of nitrogens with one attached hydrogen (secondary N) is 1. The topological polar surface area (TPSA) is 47.0 Å². The summed E-state index contributed by atoms with van der Waals surface area (Å²) < 4.78 is 32.2. The Morgan fingerprint density at radius 1 is 1.12 bits per heavy atom. The van der Waals surface area contributed by atoms with E-state index in [1.54, 1.807) is 30.3 Å². The first-order valence-electron chi connectivity index (χ1n) is 7.72. The average molecular weight is 361 g/mol. The summed E-state index contributed by atoms with van der Waals surface area (Å²) in [6.45, 7) is 1.94. The summed E-state index contributed by atoms with van der Waals surface area (Å²) in [5.41, 5.74) is 1.45. The Bertz CT molecular complexity index is 869. The van der Waals surface area contributed by atoms with Crippen LogP contribution in [0.15, 0.2) is 42.5 Å². The summed E-state index contributed by atoms with van der Waals surface area (Å²) >= 11 is 1.37. The van der Waals surface area contributed by atoms with Crippen molar-refractivity contribution in [1.29, 1.82) is 0 Å². The predicted molar refractivity (Wildman–Crippen MR) is 94.1 cm³/mol. The summed E-state index contributed by atoms with van der Waals surface area (Å²) in [7, 11) is 1.43. The largest absolute Gasteiger partial charge is 0.494 e. The molecule has 0 aliphatic heterocycles. The van der Waals surface area contributed by atoms with Crippen molar-refractivity contribution in [3.63, 3.8) is 0 Å². The molecule has 0 saturated carbocycles. The number of benzene rings is 2. The lowest BCUT2D eigenvalue weighted by Crippen LogP contribution is -2.07. The Balaban J connectivity index is 1.69. The molecule has 25 heavy (non-hydrogen) atoms. The van der Waals surface area contributed by atoms with Crippen LogP contribution in [0, 0.1) is 11.6 Å². The highest BCUT2D eigenvalue weighted by Gasteiger charge is 2.13. The number of hydrogen-bond acceptors (Lipinski definition) is 5. The number of hydrogen-bond donors (Lipinski definition) is 1. The van der Waals surface area contributed by atoms with Gasteiger partial charge in [-0.2, -0.15) is 0 Å². The van der Waals surface area contributed by atoms with Crippen molar-refractivity contribution in [3.05, 3.63) is 70.2 Å². The van der Waals surface area contributed by atoms with Gasteiger partial charge in [-0.3, -0.25) is 0 Å². The molecule has 7 heteroatoms. The molecular weight excluding hydrogens is 344 g/mol. The van der Waals surface area contributed by atoms with Crippen LogP contribution in [0.2, 0.25) is 0 Å². The first kappa shape index (κ1) is 17.3. The molecule has 130 valence electrons. The number of methoxy groups -OCH3 is 1. The fraction of sp³-hybridized carbons (Fsp3) is 0.222. The van der Waals surface area contributed by atoms with Crippen LogP contribution in [0.4, 0.5) is 13.9 Å². The maximum Gasteiger partial charge on any atom is 0.206 e. The lowest BCUT2D eigenvalue weighted by atomic mass is 10.1. The fourth-order valence-electron chi connectivity index (χ4n) is 2.40. The van der Waals surface area contributed by atoms with E-state index in [1.807, 2.05) is 6.92 Å². The second-order valence-corrected chi connectivity index (χ2v) is 6.59. The van der Waals surface area contributed by atoms with Gasteiger partial charge in [0.2, 0.25) is 5.13 Å². The molecule has 0 spiro atoms. The van der Waals surface area contributed by atoms with Gasteiger partial charge in [-0.15, -0.1) is 10.2 Å². The maximum absolute atomic E-state index is 13.7. The number of halogens is 2. The zero-order valence-corrected chi connectivity index (χ0v) is 14.6. The van der Waals surface area contributed by atoms with E-state index in [4.69, 9.17) is 4.74 Å². The van der Waals surface area contributed by atoms with Gasteiger partial charge in [0.15, 0.2) is 11.6 Å². The van der Waals surface area contributed by atoms with Crippen LogP contribution in [0.1, 0.15) is 29.1 Å². The van der Waals surface area contributed by atoms with Crippen molar-refractivity contribution in [2.75, 3.05) is 12.4 Å². The molecule has 1 heterocycles. The molecule has 1 aromatic heterocycles. The van der Waals surface area contributed by atoms with E-state index >= 15 is 0 Å². The molecule has 1 atom stereocenters. The smallest absolute Gasteiger partial charge is 0.206 e. The van der Waals surface area contributed by atoms with E-state index in [1.165, 1.54) is 30.6 Å². The van der Waals surface area contributed by atoms with Crippen LogP contribution < -0.4 is 10.1 Å². The summed E-state index contributed by atoms with van der Waals surface area (Å²) in [4.78, 5) is 0. The van der Waals surface area contributed by atoms with Gasteiger partial charge >= 0.3 is 0 Å². The second kappa shape index (κ2) is 7.57. The van der Waals surface area contributed by atoms with Crippen LogP contribution in [0.5, 0.6) is 5.75 Å². The van der Waals surface area contributed by atoms with Crippen molar-refractivity contribution in [1.82, 2.24) is 10.2 Å². The molecule has 0 amide bonds. The second-order valence-electron chi connectivity index (χ2n) is 5.53. The van der Waals surface area contributed by atoms with Gasteiger partial charge in [0.1, 0.15) is 10.8 Å². The number of aromatic nitrogens is 2. The van der Waals surface area contributed by atoms with Crippen LogP contribution in [-0.4, -0.2) is 17.3 Å². The highest BCUT2D eigenvalue weighted by molar-refractivity contribution is 7.15. The molecule has 0 saturated heterocycles. The number of rotatable bonds is 6. The molecule has 0 bridgehead atoms. The van der Waals surface area contributed by atoms with E-state index in [0.29, 0.717) is 17.1 Å². The first-order chi connectivity index (χ1) is 12.1. The van der Waals surface area contributed by atoms with Gasteiger partial charge in [0.05, 0.1) is 13.2 Å². The van der Waals surface area contributed by atoms with Gasteiger partial charge < -0.3 is 10.1 Å². The molecule has 0 radical (unpaired) electrons. The zero-order chi connectivity index (χ0) is 17.8. The molecule has 0 aliphatic rings. The number of anilines is 1. The zero-order valence-electron chi connectivity index (χ0n) is 13.8. The van der Waals surface area contributed by atoms with E-state index in [9.17, 15) is 8.78 Å². The van der Waals surface area contributed by atoms with Gasteiger partial charge in [0.25, 0.3) is 0 Å². The van der Waals surface area contributed by atoms with Crippen molar-refractivity contribution >= 4 is 16.5 Å². The standard InChI is InChI=1S/C18H17F2N3OS/c1-11(12-7-8-15(20)16(9-12)24-2)21-18-23-22-17(25-18)10-13-5-3-4-6-14(13)19/h3-9,11H,10H2,1-2H3,(H,21,23). The molecule has 3 rings (SSSR count). The minimum absolute atomic E-state index is 0.108. The number of nitrogens with zero attached hydrogens (tertiary/aromatic N) is 2. The molecule has 0 fully saturated rings. The van der Waals surface area contributed by atoms with Crippen molar-refractivity contribution in [2.24, 2.45) is 0 Å². The Labute approximate surface area is 148 Å². The Morgan fingerprint density at radius 2 is 1.92 bits per heavy atom. The molecule has 4 nitrogen and oxygen atoms in total. The third kappa shape index (κ3) is 4.11. The summed E-state index contributed by atoms with van der Waals surface area (Å²) in [6.07, 6.45) is 0.394. The van der Waals surface area contributed by atoms with Gasteiger partial charge in [-0.05, 0) is 36.2 Å². The summed E-state index contributed by atoms with van der Waals surface area (Å²) in [5, 5.41) is 12.8. The molecule has 0 aliphatic carbocycles. The van der Waals surface area contributed by atoms with Crippen molar-refractivity contribution in [3.8, 4) is 5.75 Å². The predicted octanol–water partition coefficient (Wildman–Crippen LogP) is 4.59. The van der Waals surface area contributed by atoms with Gasteiger partial charge in [0, 0.05) is 6.42 Å². The lowest BCUT2D eigenvalue weighted by molar-refractivity contribution is 0.385. The van der Waals surface area contributed by atoms with Gasteiger partial charge in [-0.1, -0.05) is 35.6 Å². The molecular formula is C18H17F2N3OS. The Hall–Kier alpha value is -2.54. The monoisotopic (exact) mass is 361 g/mol. The first-order valence-corrected chi connectivity index (χ1v) is 8.54. The Kier molecular flexibility index (Phi) is 5.23. The highest BCUT2D eigenvalue weighted by Crippen LogP contribution is 2.27. The average Bonchev–Trinajstić information content (AvgIpc) is 3.04. The summed E-state index contributed by atoms with van der Waals surface area (Å²) in [6, 6.07) is 11.2. The van der Waals surface area contributed by atoms with Crippen LogP contribution in [0.25, 0.3) is 0 Å². The van der Waals surface area contributed by atoms with E-state index in [2.05, 4.69) is 15.5 Å². The van der Waals surface area contributed by atoms with E-state index in [-0.39, 0.29) is 17.6 Å². The normalized spacial score (nSPS) is 12.0. The SMILES string of the molecule is COc1cc(C(C)Nc2nnc(Cc3ccccc3F)s2)ccc1F. The molecule has 1 N–H and O–H groups in total. The maximum atomic E-state index is 13.7.